The van der Waals surface area contributed by atoms with E-state index in [4.69, 9.17) is 22.3 Å². The van der Waals surface area contributed by atoms with Gasteiger partial charge >= 0.3 is 5.69 Å². The maximum absolute atomic E-state index is 13.3. The molecule has 6 N–H and O–H groups in total. The molecule has 0 saturated heterocycles. The normalized spacial score (nSPS) is 9.81. The average molecular weight is 225 g/mol. The highest BCUT2D eigenvalue weighted by Gasteiger charge is 2.23. The SMILES string of the molecule is N=C(N)c1cc(F)c([N+](=O)[O-])c(C(=N)N)c1. The first kappa shape index (κ1) is 11.6. The summed E-state index contributed by atoms with van der Waals surface area (Å²) in [4.78, 5) is 9.58. The number of hydrogen-bond acceptors (Lipinski definition) is 4. The van der Waals surface area contributed by atoms with Crippen molar-refractivity contribution in [3.05, 3.63) is 39.2 Å². The van der Waals surface area contributed by atoms with Crippen LogP contribution in [0.1, 0.15) is 11.1 Å². The van der Waals surface area contributed by atoms with Crippen LogP contribution in [-0.4, -0.2) is 16.6 Å². The first-order valence-corrected chi connectivity index (χ1v) is 4.01. The number of nitrogens with zero attached hydrogens (tertiary/aromatic N) is 1. The Kier molecular flexibility index (Phi) is 2.84. The lowest BCUT2D eigenvalue weighted by Gasteiger charge is -2.05. The van der Waals surface area contributed by atoms with E-state index in [-0.39, 0.29) is 5.56 Å². The number of nitrogens with two attached hydrogens (primary N) is 2. The molecule has 0 aliphatic rings. The molecule has 7 nitrogen and oxygen atoms in total. The van der Waals surface area contributed by atoms with Crippen LogP contribution in [0.3, 0.4) is 0 Å². The molecule has 1 rings (SSSR count). The van der Waals surface area contributed by atoms with Gasteiger partial charge in [-0.15, -0.1) is 0 Å². The van der Waals surface area contributed by atoms with Crippen LogP contribution in [0.15, 0.2) is 12.1 Å². The number of nitrogen functional groups attached to an aromatic ring is 2. The van der Waals surface area contributed by atoms with Crippen molar-refractivity contribution >= 4 is 17.4 Å². The summed E-state index contributed by atoms with van der Waals surface area (Å²) in [5, 5.41) is 24.7. The van der Waals surface area contributed by atoms with Gasteiger partial charge in [0.1, 0.15) is 11.7 Å². The summed E-state index contributed by atoms with van der Waals surface area (Å²) in [6.07, 6.45) is 0. The third-order valence-electron chi connectivity index (χ3n) is 1.85. The van der Waals surface area contributed by atoms with Crippen molar-refractivity contribution < 1.29 is 9.31 Å². The number of nitro groups is 1. The third-order valence-corrected chi connectivity index (χ3v) is 1.85. The topological polar surface area (TPSA) is 143 Å². The van der Waals surface area contributed by atoms with Gasteiger partial charge in [0.15, 0.2) is 0 Å². The van der Waals surface area contributed by atoms with E-state index in [2.05, 4.69) is 0 Å². The Morgan fingerprint density at radius 1 is 1.31 bits per heavy atom. The largest absolute Gasteiger partial charge is 0.384 e. The minimum atomic E-state index is -1.18. The Balaban J connectivity index is 3.58. The van der Waals surface area contributed by atoms with Gasteiger partial charge in [-0.1, -0.05) is 0 Å². The highest BCUT2D eigenvalue weighted by atomic mass is 19.1. The number of halogens is 1. The Morgan fingerprint density at radius 2 is 1.88 bits per heavy atom. The maximum atomic E-state index is 13.3. The molecule has 0 aliphatic heterocycles. The molecule has 8 heteroatoms. The zero-order chi connectivity index (χ0) is 12.5. The molecule has 1 aromatic rings. The second-order valence-corrected chi connectivity index (χ2v) is 2.94. The molecule has 1 aromatic carbocycles. The van der Waals surface area contributed by atoms with Crippen molar-refractivity contribution in [1.29, 1.82) is 10.8 Å². The molecule has 0 heterocycles. The zero-order valence-electron chi connectivity index (χ0n) is 7.95. The van der Waals surface area contributed by atoms with Crippen LogP contribution >= 0.6 is 0 Å². The fraction of sp³-hybridized carbons (Fsp3) is 0. The number of benzene rings is 1. The quantitative estimate of drug-likeness (QED) is 0.254. The maximum Gasteiger partial charge on any atom is 0.315 e. The van der Waals surface area contributed by atoms with Gasteiger partial charge in [0.2, 0.25) is 5.82 Å². The lowest BCUT2D eigenvalue weighted by atomic mass is 10.1. The van der Waals surface area contributed by atoms with Crippen LogP contribution < -0.4 is 11.5 Å². The predicted molar refractivity (Wildman–Crippen MR) is 55.1 cm³/mol. The van der Waals surface area contributed by atoms with Crippen LogP contribution in [0.2, 0.25) is 0 Å². The minimum absolute atomic E-state index is 0.0618. The van der Waals surface area contributed by atoms with Crippen molar-refractivity contribution in [2.45, 2.75) is 0 Å². The van der Waals surface area contributed by atoms with Gasteiger partial charge in [-0.3, -0.25) is 20.9 Å². The van der Waals surface area contributed by atoms with Gasteiger partial charge in [-0.25, -0.2) is 0 Å². The molecule has 0 amide bonds. The molecule has 0 spiro atoms. The summed E-state index contributed by atoms with van der Waals surface area (Å²) in [6, 6.07) is 1.79. The van der Waals surface area contributed by atoms with Crippen LogP contribution in [-0.2, 0) is 0 Å². The molecule has 0 atom stereocenters. The van der Waals surface area contributed by atoms with Gasteiger partial charge in [0.25, 0.3) is 0 Å². The molecule has 0 aliphatic carbocycles. The van der Waals surface area contributed by atoms with Crippen molar-refractivity contribution in [3.8, 4) is 0 Å². The Morgan fingerprint density at radius 3 is 2.25 bits per heavy atom. The summed E-state index contributed by atoms with van der Waals surface area (Å²) in [5.74, 6) is -2.30. The molecule has 0 aromatic heterocycles. The highest BCUT2D eigenvalue weighted by Crippen LogP contribution is 2.23. The van der Waals surface area contributed by atoms with Crippen LogP contribution in [0.5, 0.6) is 0 Å². The molecule has 16 heavy (non-hydrogen) atoms. The number of hydrogen-bond donors (Lipinski definition) is 4. The van der Waals surface area contributed by atoms with E-state index in [1.165, 1.54) is 0 Å². The van der Waals surface area contributed by atoms with Crippen molar-refractivity contribution in [1.82, 2.24) is 0 Å². The summed E-state index contributed by atoms with van der Waals surface area (Å²) in [6.45, 7) is 0. The fourth-order valence-electron chi connectivity index (χ4n) is 1.15. The Hall–Kier alpha value is -2.51. The standard InChI is InChI=1S/C8H8FN5O2/c9-5-2-3(7(10)11)1-4(8(12)13)6(5)14(15)16/h1-2H,(H3,10,11)(H3,12,13). The lowest BCUT2D eigenvalue weighted by molar-refractivity contribution is -0.387. The van der Waals surface area contributed by atoms with E-state index in [0.29, 0.717) is 0 Å². The van der Waals surface area contributed by atoms with Crippen LogP contribution in [0, 0.1) is 26.8 Å². The molecule has 0 fully saturated rings. The van der Waals surface area contributed by atoms with Gasteiger partial charge in [0, 0.05) is 5.56 Å². The lowest BCUT2D eigenvalue weighted by Crippen LogP contribution is -2.18. The summed E-state index contributed by atoms with van der Waals surface area (Å²) < 4.78 is 13.3. The Labute approximate surface area is 89.0 Å². The average Bonchev–Trinajstić information content (AvgIpc) is 2.15. The number of amidine groups is 2. The molecular formula is C8H8FN5O2. The van der Waals surface area contributed by atoms with Gasteiger partial charge in [-0.2, -0.15) is 4.39 Å². The predicted octanol–water partition coefficient (Wildman–Crippen LogP) is 0.302. The highest BCUT2D eigenvalue weighted by molar-refractivity contribution is 6.03. The van der Waals surface area contributed by atoms with Crippen LogP contribution in [0.4, 0.5) is 10.1 Å². The van der Waals surface area contributed by atoms with E-state index < -0.39 is 33.7 Å². The first-order valence-electron chi connectivity index (χ1n) is 4.01. The fourth-order valence-corrected chi connectivity index (χ4v) is 1.15. The molecule has 0 unspecified atom stereocenters. The van der Waals surface area contributed by atoms with Gasteiger partial charge in [0.05, 0.1) is 10.5 Å². The summed E-state index contributed by atoms with van der Waals surface area (Å²) in [5.41, 5.74) is 8.86. The van der Waals surface area contributed by atoms with E-state index >= 15 is 0 Å². The van der Waals surface area contributed by atoms with Crippen molar-refractivity contribution in [2.24, 2.45) is 11.5 Å². The van der Waals surface area contributed by atoms with Gasteiger partial charge in [-0.05, 0) is 12.1 Å². The van der Waals surface area contributed by atoms with E-state index in [9.17, 15) is 14.5 Å². The molecular weight excluding hydrogens is 217 g/mol. The van der Waals surface area contributed by atoms with E-state index in [1.54, 1.807) is 0 Å². The second kappa shape index (κ2) is 3.93. The van der Waals surface area contributed by atoms with Gasteiger partial charge < -0.3 is 11.5 Å². The number of rotatable bonds is 3. The minimum Gasteiger partial charge on any atom is -0.384 e. The first-order chi connectivity index (χ1) is 7.34. The third kappa shape index (κ3) is 1.95. The van der Waals surface area contributed by atoms with Crippen molar-refractivity contribution in [3.63, 3.8) is 0 Å². The molecule has 84 valence electrons. The Bertz CT molecular complexity index is 499. The molecule has 0 bridgehead atoms. The molecule has 0 saturated carbocycles. The second-order valence-electron chi connectivity index (χ2n) is 2.94. The summed E-state index contributed by atoms with van der Waals surface area (Å²) in [7, 11) is 0. The van der Waals surface area contributed by atoms with E-state index in [0.717, 1.165) is 12.1 Å². The smallest absolute Gasteiger partial charge is 0.315 e. The monoisotopic (exact) mass is 225 g/mol. The van der Waals surface area contributed by atoms with Crippen LogP contribution in [0.25, 0.3) is 0 Å². The number of nitrogens with one attached hydrogen (secondary N) is 2. The molecule has 0 radical (unpaired) electrons. The van der Waals surface area contributed by atoms with Crippen molar-refractivity contribution in [2.75, 3.05) is 0 Å². The number of nitro benzene ring substituents is 1. The summed E-state index contributed by atoms with van der Waals surface area (Å²) >= 11 is 0. The zero-order valence-corrected chi connectivity index (χ0v) is 7.95. The van der Waals surface area contributed by atoms with E-state index in [1.807, 2.05) is 0 Å².